The Morgan fingerprint density at radius 2 is 1.22 bits per heavy atom. The molecule has 5 heteroatoms. The van der Waals surface area contributed by atoms with E-state index in [1.807, 2.05) is 91.0 Å². The van der Waals surface area contributed by atoms with Gasteiger partial charge in [0, 0.05) is 0 Å². The van der Waals surface area contributed by atoms with E-state index in [9.17, 15) is 5.11 Å². The van der Waals surface area contributed by atoms with Crippen LogP contribution in [0, 0.1) is 0 Å². The van der Waals surface area contributed by atoms with Gasteiger partial charge in [0.05, 0.1) is 19.8 Å². The lowest BCUT2D eigenvalue weighted by Crippen LogP contribution is -2.42. The smallest absolute Gasteiger partial charge is 0.214 e. The van der Waals surface area contributed by atoms with E-state index in [1.165, 1.54) is 0 Å². The van der Waals surface area contributed by atoms with E-state index in [0.717, 1.165) is 16.7 Å². The van der Waals surface area contributed by atoms with Crippen molar-refractivity contribution in [2.24, 2.45) is 0 Å². The Kier molecular flexibility index (Phi) is 8.06. The van der Waals surface area contributed by atoms with E-state index in [2.05, 4.69) is 0 Å². The molecule has 1 aliphatic heterocycles. The van der Waals surface area contributed by atoms with Crippen LogP contribution in [0.2, 0.25) is 0 Å². The van der Waals surface area contributed by atoms with Crippen LogP contribution in [0.3, 0.4) is 0 Å². The van der Waals surface area contributed by atoms with Gasteiger partial charge in [0.25, 0.3) is 0 Å². The van der Waals surface area contributed by atoms with Gasteiger partial charge in [-0.1, -0.05) is 91.0 Å². The molecular weight excluding hydrogens is 404 g/mol. The summed E-state index contributed by atoms with van der Waals surface area (Å²) in [6.45, 7) is 1.51. The molecule has 3 atom stereocenters. The molecule has 1 heterocycles. The summed E-state index contributed by atoms with van der Waals surface area (Å²) < 4.78 is 23.7. The fraction of sp³-hybridized carbons (Fsp3) is 0.259. The Hall–Kier alpha value is -2.96. The maximum atomic E-state index is 10.5. The van der Waals surface area contributed by atoms with Gasteiger partial charge in [0.2, 0.25) is 6.29 Å². The van der Waals surface area contributed by atoms with E-state index in [-0.39, 0.29) is 6.61 Å². The van der Waals surface area contributed by atoms with Crippen molar-refractivity contribution in [1.29, 1.82) is 0 Å². The molecule has 1 unspecified atom stereocenters. The molecule has 0 aliphatic carbocycles. The van der Waals surface area contributed by atoms with Crippen molar-refractivity contribution in [3.8, 4) is 0 Å². The van der Waals surface area contributed by atoms with Crippen LogP contribution in [-0.2, 0) is 38.8 Å². The second-order valence-electron chi connectivity index (χ2n) is 7.63. The predicted octanol–water partition coefficient (Wildman–Crippen LogP) is 4.61. The average Bonchev–Trinajstić information content (AvgIpc) is 2.85. The number of hydrogen-bond donors (Lipinski definition) is 1. The normalized spacial score (nSPS) is 20.5. The lowest BCUT2D eigenvalue weighted by molar-refractivity contribution is -0.197. The molecule has 1 aliphatic rings. The Labute approximate surface area is 188 Å². The first-order valence-corrected chi connectivity index (χ1v) is 10.8. The number of hydrogen-bond acceptors (Lipinski definition) is 5. The van der Waals surface area contributed by atoms with Crippen molar-refractivity contribution in [2.45, 2.75) is 38.3 Å². The van der Waals surface area contributed by atoms with Gasteiger partial charge in [0.1, 0.15) is 18.8 Å². The zero-order chi connectivity index (χ0) is 22.0. The molecule has 4 rings (SSSR count). The third-order valence-electron chi connectivity index (χ3n) is 5.17. The number of aliphatic hydroxyl groups excluding tert-OH is 1. The van der Waals surface area contributed by atoms with Gasteiger partial charge in [0.15, 0.2) is 5.76 Å². The number of aliphatic hydroxyl groups is 1. The van der Waals surface area contributed by atoms with Gasteiger partial charge in [-0.2, -0.15) is 0 Å². The largest absolute Gasteiger partial charge is 0.488 e. The lowest BCUT2D eigenvalue weighted by Gasteiger charge is -2.33. The third kappa shape index (κ3) is 6.52. The zero-order valence-corrected chi connectivity index (χ0v) is 17.9. The van der Waals surface area contributed by atoms with Gasteiger partial charge >= 0.3 is 0 Å². The van der Waals surface area contributed by atoms with Crippen LogP contribution in [0.4, 0.5) is 0 Å². The molecule has 5 nitrogen and oxygen atoms in total. The minimum atomic E-state index is -1.17. The summed E-state index contributed by atoms with van der Waals surface area (Å²) in [4.78, 5) is 0. The summed E-state index contributed by atoms with van der Waals surface area (Å²) in [5.41, 5.74) is 3.14. The number of ether oxygens (including phenoxy) is 4. The summed E-state index contributed by atoms with van der Waals surface area (Å²) in [7, 11) is 0. The van der Waals surface area contributed by atoms with E-state index < -0.39 is 18.5 Å². The molecule has 3 aromatic rings. The van der Waals surface area contributed by atoms with Gasteiger partial charge in [-0.05, 0) is 22.8 Å². The highest BCUT2D eigenvalue weighted by Crippen LogP contribution is 2.24. The maximum Gasteiger partial charge on any atom is 0.214 e. The van der Waals surface area contributed by atoms with E-state index in [0.29, 0.717) is 25.6 Å². The first-order chi connectivity index (χ1) is 15.8. The Balaban J connectivity index is 1.41. The minimum Gasteiger partial charge on any atom is -0.488 e. The highest BCUT2D eigenvalue weighted by atomic mass is 16.7. The molecule has 0 spiro atoms. The fourth-order valence-corrected chi connectivity index (χ4v) is 3.45. The van der Waals surface area contributed by atoms with Crippen LogP contribution in [-0.4, -0.2) is 30.2 Å². The van der Waals surface area contributed by atoms with E-state index in [1.54, 1.807) is 6.08 Å². The third-order valence-corrected chi connectivity index (χ3v) is 5.17. The summed E-state index contributed by atoms with van der Waals surface area (Å²) in [5.74, 6) is 0.353. The van der Waals surface area contributed by atoms with Crippen molar-refractivity contribution < 1.29 is 24.1 Å². The highest BCUT2D eigenvalue weighted by Gasteiger charge is 2.33. The number of rotatable bonds is 10. The molecule has 0 saturated carbocycles. The predicted molar refractivity (Wildman–Crippen MR) is 121 cm³/mol. The second-order valence-corrected chi connectivity index (χ2v) is 7.63. The van der Waals surface area contributed by atoms with Crippen LogP contribution in [0.25, 0.3) is 0 Å². The summed E-state index contributed by atoms with van der Waals surface area (Å²) >= 11 is 0. The van der Waals surface area contributed by atoms with E-state index in [4.69, 9.17) is 18.9 Å². The zero-order valence-electron chi connectivity index (χ0n) is 17.9. The van der Waals surface area contributed by atoms with Gasteiger partial charge < -0.3 is 24.1 Å². The average molecular weight is 433 g/mol. The number of benzene rings is 3. The molecule has 1 N–H and O–H groups in total. The van der Waals surface area contributed by atoms with Crippen molar-refractivity contribution in [2.75, 3.05) is 6.61 Å². The van der Waals surface area contributed by atoms with Crippen LogP contribution in [0.5, 0.6) is 0 Å². The van der Waals surface area contributed by atoms with Gasteiger partial charge in [-0.3, -0.25) is 0 Å². The second kappa shape index (κ2) is 11.6. The van der Waals surface area contributed by atoms with Crippen molar-refractivity contribution in [3.63, 3.8) is 0 Å². The van der Waals surface area contributed by atoms with Crippen LogP contribution < -0.4 is 0 Å². The molecule has 0 fully saturated rings. The summed E-state index contributed by atoms with van der Waals surface area (Å²) in [5, 5.41) is 10.5. The Morgan fingerprint density at radius 1 is 0.688 bits per heavy atom. The van der Waals surface area contributed by atoms with Crippen LogP contribution in [0.1, 0.15) is 16.7 Å². The van der Waals surface area contributed by atoms with Crippen LogP contribution >= 0.6 is 0 Å². The molecular formula is C27H28O5. The van der Waals surface area contributed by atoms with E-state index >= 15 is 0 Å². The Bertz CT molecular complexity index is 959. The molecule has 0 radical (unpaired) electrons. The first kappa shape index (κ1) is 22.2. The molecule has 3 aromatic carbocycles. The van der Waals surface area contributed by atoms with Gasteiger partial charge in [-0.25, -0.2) is 0 Å². The SMILES string of the molecule is OC1O[C@H](COCc2ccccc2)[C@@H](OCc2ccccc2)C=C1OCc1ccccc1. The quantitative estimate of drug-likeness (QED) is 0.507. The molecule has 0 saturated heterocycles. The molecule has 166 valence electrons. The monoisotopic (exact) mass is 432 g/mol. The molecule has 0 amide bonds. The van der Waals surface area contributed by atoms with Crippen molar-refractivity contribution in [3.05, 3.63) is 120 Å². The minimum absolute atomic E-state index is 0.286. The maximum absolute atomic E-state index is 10.5. The van der Waals surface area contributed by atoms with Crippen molar-refractivity contribution in [1.82, 2.24) is 0 Å². The lowest BCUT2D eigenvalue weighted by atomic mass is 10.1. The summed E-state index contributed by atoms with van der Waals surface area (Å²) in [6.07, 6.45) is -0.237. The Morgan fingerprint density at radius 3 is 1.81 bits per heavy atom. The molecule has 0 bridgehead atoms. The molecule has 0 aromatic heterocycles. The molecule has 32 heavy (non-hydrogen) atoms. The topological polar surface area (TPSA) is 57.2 Å². The fourth-order valence-electron chi connectivity index (χ4n) is 3.45. The highest BCUT2D eigenvalue weighted by molar-refractivity contribution is 5.16. The standard InChI is InChI=1S/C27H28O5/c28-27-25(31-19-23-14-8-3-9-15-23)16-24(30-18-22-12-6-2-7-13-22)26(32-27)20-29-17-21-10-4-1-5-11-21/h1-16,24,26-28H,17-20H2/t24-,26+,27?/m0/s1. The summed E-state index contributed by atoms with van der Waals surface area (Å²) in [6, 6.07) is 29.7. The van der Waals surface area contributed by atoms with Crippen molar-refractivity contribution >= 4 is 0 Å². The van der Waals surface area contributed by atoms with Gasteiger partial charge in [-0.15, -0.1) is 0 Å². The first-order valence-electron chi connectivity index (χ1n) is 10.8. The van der Waals surface area contributed by atoms with Crippen LogP contribution in [0.15, 0.2) is 103 Å².